The van der Waals surface area contributed by atoms with Crippen molar-refractivity contribution in [2.45, 2.75) is 37.1 Å². The van der Waals surface area contributed by atoms with Gasteiger partial charge in [-0.15, -0.1) is 5.10 Å². The van der Waals surface area contributed by atoms with Crippen LogP contribution in [0.4, 0.5) is 0 Å². The lowest BCUT2D eigenvalue weighted by atomic mass is 10.3. The van der Waals surface area contributed by atoms with Gasteiger partial charge in [0.2, 0.25) is 0 Å². The lowest BCUT2D eigenvalue weighted by Gasteiger charge is -2.05. The highest BCUT2D eigenvalue weighted by molar-refractivity contribution is 7.99. The van der Waals surface area contributed by atoms with Gasteiger partial charge in [-0.05, 0) is 31.2 Å². The number of hydrogen-bond donors (Lipinski definition) is 3. The topological polar surface area (TPSA) is 126 Å². The quantitative estimate of drug-likeness (QED) is 0.419. The summed E-state index contributed by atoms with van der Waals surface area (Å²) in [6.45, 7) is 4.34. The Bertz CT molecular complexity index is 690. The molecule has 0 radical (unpaired) electrons. The number of aryl methyl sites for hydroxylation is 1. The molecule has 8 nitrogen and oxygen atoms in total. The van der Waals surface area contributed by atoms with Crippen LogP contribution in [0, 0.1) is 12.3 Å². The summed E-state index contributed by atoms with van der Waals surface area (Å²) in [7, 11) is 0. The summed E-state index contributed by atoms with van der Waals surface area (Å²) in [5.74, 6) is -0.120. The summed E-state index contributed by atoms with van der Waals surface area (Å²) in [4.78, 5) is 20.0. The molecule has 0 aromatic carbocycles. The number of nitrogen functional groups attached to an aromatic ring is 1. The van der Waals surface area contributed by atoms with Crippen LogP contribution in [-0.2, 0) is 6.54 Å². The highest BCUT2D eigenvalue weighted by Gasteiger charge is 2.12. The Labute approximate surface area is 119 Å². The second-order valence-electron chi connectivity index (χ2n) is 4.16. The number of nitrogens with two attached hydrogens (primary N) is 1. The second-order valence-corrected chi connectivity index (χ2v) is 5.09. The maximum atomic E-state index is 11.6. The summed E-state index contributed by atoms with van der Waals surface area (Å²) >= 11 is 1.17. The first kappa shape index (κ1) is 14.3. The predicted molar refractivity (Wildman–Crippen MR) is 75.0 cm³/mol. The van der Waals surface area contributed by atoms with Gasteiger partial charge in [-0.1, -0.05) is 6.92 Å². The van der Waals surface area contributed by atoms with Crippen molar-refractivity contribution in [1.29, 1.82) is 5.41 Å². The smallest absolute Gasteiger partial charge is 0.343 e. The van der Waals surface area contributed by atoms with E-state index in [0.717, 1.165) is 6.42 Å². The third-order valence-corrected chi connectivity index (χ3v) is 3.32. The van der Waals surface area contributed by atoms with E-state index in [4.69, 9.17) is 11.1 Å². The largest absolute Gasteiger partial charge is 0.382 e. The van der Waals surface area contributed by atoms with Crippen molar-refractivity contribution >= 4 is 17.6 Å². The average Bonchev–Trinajstić information content (AvgIpc) is 2.71. The fraction of sp³-hybridized carbons (Fsp3) is 0.364. The van der Waals surface area contributed by atoms with Crippen molar-refractivity contribution in [2.75, 3.05) is 0 Å². The molecule has 2 aromatic rings. The van der Waals surface area contributed by atoms with Gasteiger partial charge in [0.15, 0.2) is 10.3 Å². The molecule has 0 unspecified atom stereocenters. The molecule has 9 heteroatoms. The van der Waals surface area contributed by atoms with Gasteiger partial charge >= 0.3 is 5.69 Å². The first-order valence-corrected chi connectivity index (χ1v) is 6.86. The molecule has 0 atom stereocenters. The van der Waals surface area contributed by atoms with Crippen LogP contribution < -0.4 is 11.4 Å². The number of H-pyrrole nitrogens is 1. The highest BCUT2D eigenvalue weighted by Crippen LogP contribution is 2.22. The minimum Gasteiger partial charge on any atom is -0.382 e. The first-order valence-electron chi connectivity index (χ1n) is 6.04. The van der Waals surface area contributed by atoms with Gasteiger partial charge in [-0.3, -0.25) is 9.98 Å². The van der Waals surface area contributed by atoms with Crippen molar-refractivity contribution in [3.05, 3.63) is 27.9 Å². The summed E-state index contributed by atoms with van der Waals surface area (Å²) in [5, 5.41) is 14.7. The zero-order valence-electron chi connectivity index (χ0n) is 11.2. The van der Waals surface area contributed by atoms with E-state index in [9.17, 15) is 4.79 Å². The van der Waals surface area contributed by atoms with Crippen LogP contribution in [0.1, 0.15) is 24.7 Å². The zero-order chi connectivity index (χ0) is 14.7. The molecule has 0 amide bonds. The molecule has 20 heavy (non-hydrogen) atoms. The Balaban J connectivity index is 2.35. The summed E-state index contributed by atoms with van der Waals surface area (Å²) in [6, 6.07) is 1.63. The molecule has 0 aliphatic heterocycles. The lowest BCUT2D eigenvalue weighted by Crippen LogP contribution is -2.17. The summed E-state index contributed by atoms with van der Waals surface area (Å²) < 4.78 is 1.53. The predicted octanol–water partition coefficient (Wildman–Crippen LogP) is 0.515. The summed E-state index contributed by atoms with van der Waals surface area (Å²) in [6.07, 6.45) is 0.820. The van der Waals surface area contributed by atoms with Gasteiger partial charge < -0.3 is 5.73 Å². The molecule has 106 valence electrons. The van der Waals surface area contributed by atoms with Crippen molar-refractivity contribution in [2.24, 2.45) is 5.73 Å². The fourth-order valence-electron chi connectivity index (χ4n) is 1.61. The number of amidine groups is 1. The van der Waals surface area contributed by atoms with Crippen molar-refractivity contribution in [1.82, 2.24) is 24.7 Å². The molecule has 2 rings (SSSR count). The molecule has 0 fully saturated rings. The van der Waals surface area contributed by atoms with Crippen LogP contribution in [0.3, 0.4) is 0 Å². The Kier molecular flexibility index (Phi) is 4.18. The minimum absolute atomic E-state index is 0.120. The van der Waals surface area contributed by atoms with E-state index in [2.05, 4.69) is 20.2 Å². The van der Waals surface area contributed by atoms with Crippen molar-refractivity contribution in [3.63, 3.8) is 0 Å². The molecule has 0 bridgehead atoms. The number of rotatable bonds is 5. The van der Waals surface area contributed by atoms with Crippen LogP contribution in [-0.4, -0.2) is 30.6 Å². The summed E-state index contributed by atoms with van der Waals surface area (Å²) in [5.41, 5.74) is 6.24. The Hall–Kier alpha value is -2.16. The van der Waals surface area contributed by atoms with Gasteiger partial charge in [-0.25, -0.2) is 19.9 Å². The molecule has 0 aliphatic carbocycles. The van der Waals surface area contributed by atoms with E-state index < -0.39 is 0 Å². The Morgan fingerprint density at radius 2 is 2.30 bits per heavy atom. The van der Waals surface area contributed by atoms with E-state index in [1.54, 1.807) is 13.0 Å². The molecule has 2 heterocycles. The number of nitrogens with one attached hydrogen (secondary N) is 2. The van der Waals surface area contributed by atoms with Crippen LogP contribution in [0.15, 0.2) is 21.2 Å². The van der Waals surface area contributed by atoms with Gasteiger partial charge in [0.1, 0.15) is 11.5 Å². The van der Waals surface area contributed by atoms with Gasteiger partial charge in [0.25, 0.3) is 0 Å². The van der Waals surface area contributed by atoms with E-state index in [1.165, 1.54) is 16.3 Å². The third-order valence-electron chi connectivity index (χ3n) is 2.46. The maximum absolute atomic E-state index is 11.6. The van der Waals surface area contributed by atoms with Gasteiger partial charge in [-0.2, -0.15) is 0 Å². The molecule has 0 aliphatic rings. The van der Waals surface area contributed by atoms with Crippen molar-refractivity contribution < 1.29 is 0 Å². The van der Waals surface area contributed by atoms with Crippen LogP contribution in [0.5, 0.6) is 0 Å². The van der Waals surface area contributed by atoms with Gasteiger partial charge in [0.05, 0.1) is 0 Å². The molecule has 0 saturated carbocycles. The third kappa shape index (κ3) is 3.05. The van der Waals surface area contributed by atoms with Crippen LogP contribution in [0.2, 0.25) is 0 Å². The molecular formula is C11H15N7OS. The highest BCUT2D eigenvalue weighted by atomic mass is 32.2. The number of aromatic nitrogens is 5. The van der Waals surface area contributed by atoms with Crippen LogP contribution in [0.25, 0.3) is 0 Å². The second kappa shape index (κ2) is 5.87. The lowest BCUT2D eigenvalue weighted by molar-refractivity contribution is 0.603. The zero-order valence-corrected chi connectivity index (χ0v) is 12.0. The van der Waals surface area contributed by atoms with Gasteiger partial charge in [0, 0.05) is 12.2 Å². The molecule has 4 N–H and O–H groups in total. The number of aromatic amines is 1. The maximum Gasteiger partial charge on any atom is 0.343 e. The normalized spacial score (nSPS) is 10.7. The average molecular weight is 293 g/mol. The SMILES string of the molecule is CCCn1c(Sc2nc(C)cc(C(=N)N)n2)n[nH]c1=O. The fourth-order valence-corrected chi connectivity index (χ4v) is 2.48. The van der Waals surface area contributed by atoms with Crippen molar-refractivity contribution in [3.8, 4) is 0 Å². The van der Waals surface area contributed by atoms with E-state index in [0.29, 0.717) is 28.2 Å². The first-order chi connectivity index (χ1) is 9.51. The molecule has 2 aromatic heterocycles. The van der Waals surface area contributed by atoms with Crippen LogP contribution >= 0.6 is 11.8 Å². The molecule has 0 spiro atoms. The number of nitrogens with zero attached hydrogens (tertiary/aromatic N) is 4. The molecule has 0 saturated heterocycles. The van der Waals surface area contributed by atoms with E-state index in [1.807, 2.05) is 6.92 Å². The number of hydrogen-bond acceptors (Lipinski definition) is 6. The minimum atomic E-state index is -0.256. The Morgan fingerprint density at radius 3 is 2.95 bits per heavy atom. The Morgan fingerprint density at radius 1 is 1.55 bits per heavy atom. The monoisotopic (exact) mass is 293 g/mol. The standard InChI is InChI=1S/C11H15N7OS/c1-3-4-18-10(19)16-17-11(18)20-9-14-6(2)5-7(15-9)8(12)13/h5H,3-4H2,1-2H3,(H3,12,13)(H,16,19). The molecular weight excluding hydrogens is 278 g/mol. The van der Waals surface area contributed by atoms with E-state index in [-0.39, 0.29) is 11.5 Å². The van der Waals surface area contributed by atoms with E-state index >= 15 is 0 Å².